The van der Waals surface area contributed by atoms with Crippen molar-refractivity contribution < 1.29 is 13.2 Å². The van der Waals surface area contributed by atoms with E-state index in [1.807, 2.05) is 68.5 Å². The molecule has 0 saturated carbocycles. The van der Waals surface area contributed by atoms with Crippen molar-refractivity contribution in [1.82, 2.24) is 9.97 Å². The maximum absolute atomic E-state index is 14.9. The lowest BCUT2D eigenvalue weighted by Crippen LogP contribution is -2.13. The van der Waals surface area contributed by atoms with Crippen molar-refractivity contribution in [2.75, 3.05) is 0 Å². The van der Waals surface area contributed by atoms with Crippen LogP contribution in [0.15, 0.2) is 141 Å². The molecule has 0 fully saturated rings. The van der Waals surface area contributed by atoms with Crippen LogP contribution in [-0.2, 0) is 6.18 Å². The SMILES string of the molecule is C=C/C=C(\C=C/C)c1ccc(-c2nc(-c3ccccc3)nc(-c3ccc(C(/C=C\C)=C/C=C)cc3)c2C(F)(F)F)cc1. The minimum absolute atomic E-state index is 0.177. The summed E-state index contributed by atoms with van der Waals surface area (Å²) in [6.07, 6.45) is 9.97. The first kappa shape index (κ1) is 29.9. The van der Waals surface area contributed by atoms with E-state index in [0.29, 0.717) is 16.7 Å². The molecule has 0 radical (unpaired) electrons. The van der Waals surface area contributed by atoms with Gasteiger partial charge in [0.15, 0.2) is 5.82 Å². The lowest BCUT2D eigenvalue weighted by atomic mass is 9.95. The lowest BCUT2D eigenvalue weighted by Gasteiger charge is -2.19. The molecule has 5 heteroatoms. The van der Waals surface area contributed by atoms with Gasteiger partial charge in [-0.25, -0.2) is 9.97 Å². The maximum Gasteiger partial charge on any atom is 0.420 e. The van der Waals surface area contributed by atoms with Crippen LogP contribution in [-0.4, -0.2) is 9.97 Å². The van der Waals surface area contributed by atoms with E-state index in [2.05, 4.69) is 23.1 Å². The van der Waals surface area contributed by atoms with Crippen LogP contribution in [0.4, 0.5) is 13.2 Å². The zero-order valence-corrected chi connectivity index (χ0v) is 23.6. The zero-order valence-electron chi connectivity index (χ0n) is 23.6. The Morgan fingerprint density at radius 1 is 0.619 bits per heavy atom. The predicted molar refractivity (Wildman–Crippen MR) is 169 cm³/mol. The molecule has 0 atom stereocenters. The predicted octanol–water partition coefficient (Wildman–Crippen LogP) is 10.8. The highest BCUT2D eigenvalue weighted by molar-refractivity contribution is 5.81. The Kier molecular flexibility index (Phi) is 9.66. The van der Waals surface area contributed by atoms with Crippen LogP contribution in [0.3, 0.4) is 0 Å². The fraction of sp³-hybridized carbons (Fsp3) is 0.0811. The van der Waals surface area contributed by atoms with Crippen molar-refractivity contribution in [3.8, 4) is 33.9 Å². The maximum atomic E-state index is 14.9. The van der Waals surface area contributed by atoms with Gasteiger partial charge in [-0.3, -0.25) is 0 Å². The van der Waals surface area contributed by atoms with E-state index in [1.165, 1.54) is 0 Å². The third-order valence-corrected chi connectivity index (χ3v) is 6.50. The lowest BCUT2D eigenvalue weighted by molar-refractivity contribution is -0.136. The van der Waals surface area contributed by atoms with E-state index in [1.54, 1.807) is 72.8 Å². The summed E-state index contributed by atoms with van der Waals surface area (Å²) < 4.78 is 44.7. The van der Waals surface area contributed by atoms with Crippen LogP contribution in [0.1, 0.15) is 30.5 Å². The summed E-state index contributed by atoms with van der Waals surface area (Å²) in [5, 5.41) is 0. The highest BCUT2D eigenvalue weighted by Gasteiger charge is 2.39. The number of rotatable bonds is 9. The summed E-state index contributed by atoms with van der Waals surface area (Å²) in [7, 11) is 0. The molecule has 0 aliphatic heterocycles. The molecule has 2 nitrogen and oxygen atoms in total. The third kappa shape index (κ3) is 6.81. The van der Waals surface area contributed by atoms with Crippen molar-refractivity contribution in [3.63, 3.8) is 0 Å². The van der Waals surface area contributed by atoms with E-state index < -0.39 is 11.7 Å². The summed E-state index contributed by atoms with van der Waals surface area (Å²) in [5.41, 5.74) is 3.55. The first-order chi connectivity index (χ1) is 20.3. The Labute approximate surface area is 245 Å². The highest BCUT2D eigenvalue weighted by Crippen LogP contribution is 2.43. The second-order valence-electron chi connectivity index (χ2n) is 9.35. The van der Waals surface area contributed by atoms with Gasteiger partial charge < -0.3 is 0 Å². The van der Waals surface area contributed by atoms with Crippen molar-refractivity contribution in [3.05, 3.63) is 157 Å². The second-order valence-corrected chi connectivity index (χ2v) is 9.35. The van der Waals surface area contributed by atoms with Gasteiger partial charge in [0.05, 0.1) is 11.4 Å². The highest BCUT2D eigenvalue weighted by atomic mass is 19.4. The van der Waals surface area contributed by atoms with Crippen LogP contribution in [0, 0.1) is 0 Å². The van der Waals surface area contributed by atoms with E-state index in [4.69, 9.17) is 0 Å². The molecule has 0 saturated heterocycles. The molecule has 4 aromatic rings. The normalized spacial score (nSPS) is 12.7. The largest absolute Gasteiger partial charge is 0.420 e. The number of hydrogen-bond acceptors (Lipinski definition) is 2. The number of nitrogens with zero attached hydrogens (tertiary/aromatic N) is 2. The van der Waals surface area contributed by atoms with Gasteiger partial charge in [-0.05, 0) is 36.1 Å². The van der Waals surface area contributed by atoms with Gasteiger partial charge >= 0.3 is 6.18 Å². The monoisotopic (exact) mass is 560 g/mol. The summed E-state index contributed by atoms with van der Waals surface area (Å²) in [4.78, 5) is 9.00. The minimum atomic E-state index is -4.71. The molecule has 4 rings (SSSR count). The molecule has 42 heavy (non-hydrogen) atoms. The summed E-state index contributed by atoms with van der Waals surface area (Å²) >= 11 is 0. The van der Waals surface area contributed by atoms with Gasteiger partial charge in [-0.1, -0.05) is 141 Å². The number of benzene rings is 3. The Morgan fingerprint density at radius 2 is 1.05 bits per heavy atom. The molecule has 0 amide bonds. The molecular weight excluding hydrogens is 529 g/mol. The van der Waals surface area contributed by atoms with Gasteiger partial charge in [0.1, 0.15) is 5.56 Å². The van der Waals surface area contributed by atoms with Crippen molar-refractivity contribution in [2.45, 2.75) is 20.0 Å². The molecule has 0 unspecified atom stereocenters. The zero-order chi connectivity index (χ0) is 30.1. The van der Waals surface area contributed by atoms with Crippen molar-refractivity contribution in [1.29, 1.82) is 0 Å². The molecule has 0 aliphatic rings. The summed E-state index contributed by atoms with van der Waals surface area (Å²) in [6.45, 7) is 11.3. The minimum Gasteiger partial charge on any atom is -0.227 e. The van der Waals surface area contributed by atoms with Gasteiger partial charge in [-0.15, -0.1) is 0 Å². The molecular formula is C37H31F3N2. The quantitative estimate of drug-likeness (QED) is 0.190. The molecule has 0 N–H and O–H groups in total. The van der Waals surface area contributed by atoms with Crippen LogP contribution in [0.25, 0.3) is 45.0 Å². The Morgan fingerprint density at radius 3 is 1.40 bits per heavy atom. The van der Waals surface area contributed by atoms with Crippen LogP contribution in [0.2, 0.25) is 0 Å². The number of hydrogen-bond donors (Lipinski definition) is 0. The number of alkyl halides is 3. The van der Waals surface area contributed by atoms with Gasteiger partial charge in [0, 0.05) is 16.7 Å². The van der Waals surface area contributed by atoms with Crippen LogP contribution < -0.4 is 0 Å². The molecule has 0 spiro atoms. The molecule has 1 heterocycles. The first-order valence-electron chi connectivity index (χ1n) is 13.5. The third-order valence-electron chi connectivity index (χ3n) is 6.50. The van der Waals surface area contributed by atoms with Crippen LogP contribution >= 0.6 is 0 Å². The summed E-state index contributed by atoms with van der Waals surface area (Å²) in [5.74, 6) is 0.212. The second kappa shape index (κ2) is 13.6. The molecule has 1 aromatic heterocycles. The van der Waals surface area contributed by atoms with Gasteiger partial charge in [0.25, 0.3) is 0 Å². The van der Waals surface area contributed by atoms with E-state index in [9.17, 15) is 13.2 Å². The Balaban J connectivity index is 1.97. The topological polar surface area (TPSA) is 25.8 Å². The average Bonchev–Trinajstić information content (AvgIpc) is 3.00. The fourth-order valence-corrected chi connectivity index (χ4v) is 4.61. The number of allylic oxidation sites excluding steroid dienone is 10. The average molecular weight is 561 g/mol. The molecule has 0 aliphatic carbocycles. The smallest absolute Gasteiger partial charge is 0.227 e. The van der Waals surface area contributed by atoms with Crippen LogP contribution in [0.5, 0.6) is 0 Å². The summed E-state index contributed by atoms with van der Waals surface area (Å²) in [6, 6.07) is 22.8. The van der Waals surface area contributed by atoms with Crippen molar-refractivity contribution >= 4 is 11.1 Å². The number of halogens is 3. The first-order valence-corrected chi connectivity index (χ1v) is 13.5. The Hall–Kier alpha value is -5.03. The standard InChI is InChI=1S/C37H31F3N2/c1-5-12-26(13-6-2)28-18-22-30(23-19-28)34-33(37(38,39)40)35(42-36(41-34)32-16-10-9-11-17-32)31-24-20-29(21-25-31)27(14-7-3)15-8-4/h5-25H,1,3H2,2,4H3/b13-6-,15-8-,26-12+,27-14+. The van der Waals surface area contributed by atoms with Gasteiger partial charge in [0.2, 0.25) is 0 Å². The number of aromatic nitrogens is 2. The molecule has 0 bridgehead atoms. The fourth-order valence-electron chi connectivity index (χ4n) is 4.61. The molecule has 3 aromatic carbocycles. The Bertz CT molecular complexity index is 1570. The van der Waals surface area contributed by atoms with E-state index in [-0.39, 0.29) is 17.2 Å². The molecule has 210 valence electrons. The van der Waals surface area contributed by atoms with E-state index >= 15 is 0 Å². The van der Waals surface area contributed by atoms with Gasteiger partial charge in [-0.2, -0.15) is 13.2 Å². The van der Waals surface area contributed by atoms with E-state index in [0.717, 1.165) is 22.3 Å². The van der Waals surface area contributed by atoms with Crippen molar-refractivity contribution in [2.24, 2.45) is 0 Å².